The number of aromatic nitrogens is 2. The van der Waals surface area contributed by atoms with Gasteiger partial charge in [-0.2, -0.15) is 0 Å². The lowest BCUT2D eigenvalue weighted by molar-refractivity contribution is 0.158. The maximum absolute atomic E-state index is 5.10. The van der Waals surface area contributed by atoms with Crippen LogP contribution in [0.25, 0.3) is 11.0 Å². The fourth-order valence-electron chi connectivity index (χ4n) is 2.64. The summed E-state index contributed by atoms with van der Waals surface area (Å²) >= 11 is 0. The minimum atomic E-state index is 0.840. The number of nitrogens with zero attached hydrogens (tertiary/aromatic N) is 3. The van der Waals surface area contributed by atoms with Gasteiger partial charge in [0.15, 0.2) is 0 Å². The molecule has 4 heteroatoms. The van der Waals surface area contributed by atoms with Gasteiger partial charge in [-0.15, -0.1) is 0 Å². The van der Waals surface area contributed by atoms with Crippen molar-refractivity contribution in [2.45, 2.75) is 19.5 Å². The van der Waals surface area contributed by atoms with Crippen molar-refractivity contribution in [1.82, 2.24) is 14.5 Å². The van der Waals surface area contributed by atoms with E-state index in [9.17, 15) is 0 Å². The number of benzene rings is 1. The molecule has 0 unspecified atom stereocenters. The summed E-state index contributed by atoms with van der Waals surface area (Å²) in [6, 6.07) is 8.39. The van der Waals surface area contributed by atoms with Gasteiger partial charge >= 0.3 is 0 Å². The van der Waals surface area contributed by atoms with Crippen LogP contribution in [0.15, 0.2) is 24.3 Å². The van der Waals surface area contributed by atoms with E-state index in [1.165, 1.54) is 11.3 Å². The van der Waals surface area contributed by atoms with Crippen molar-refractivity contribution in [1.29, 1.82) is 0 Å². The van der Waals surface area contributed by atoms with Gasteiger partial charge in [0, 0.05) is 33.4 Å². The lowest BCUT2D eigenvalue weighted by atomic mass is 10.3. The van der Waals surface area contributed by atoms with Crippen molar-refractivity contribution in [3.63, 3.8) is 0 Å². The Balaban J connectivity index is 1.76. The number of fused-ring (bicyclic) bond motifs is 3. The molecule has 0 aliphatic carbocycles. The third-order valence-electron chi connectivity index (χ3n) is 3.56. The number of hydrogen-bond donors (Lipinski definition) is 0. The summed E-state index contributed by atoms with van der Waals surface area (Å²) in [5.74, 6) is 1.19. The molecule has 3 rings (SSSR count). The van der Waals surface area contributed by atoms with Crippen LogP contribution in [0, 0.1) is 0 Å². The molecular formula is C14H19N3O. The molecular weight excluding hydrogens is 226 g/mol. The first kappa shape index (κ1) is 11.7. The van der Waals surface area contributed by atoms with Gasteiger partial charge in [-0.25, -0.2) is 4.98 Å². The summed E-state index contributed by atoms with van der Waals surface area (Å²) in [4.78, 5) is 7.18. The van der Waals surface area contributed by atoms with Gasteiger partial charge in [-0.3, -0.25) is 4.90 Å². The Morgan fingerprint density at radius 1 is 1.28 bits per heavy atom. The van der Waals surface area contributed by atoms with E-state index in [0.29, 0.717) is 0 Å². The van der Waals surface area contributed by atoms with Crippen LogP contribution in [0.2, 0.25) is 0 Å². The normalized spacial score (nSPS) is 16.1. The summed E-state index contributed by atoms with van der Waals surface area (Å²) in [7, 11) is 1.76. The second-order valence-corrected chi connectivity index (χ2v) is 4.79. The Morgan fingerprint density at radius 3 is 3.06 bits per heavy atom. The number of methoxy groups -OCH3 is 1. The molecule has 4 nitrogen and oxygen atoms in total. The first-order valence-corrected chi connectivity index (χ1v) is 6.54. The van der Waals surface area contributed by atoms with Gasteiger partial charge in [0.05, 0.1) is 17.6 Å². The van der Waals surface area contributed by atoms with E-state index in [1.807, 2.05) is 0 Å². The molecule has 0 atom stereocenters. The van der Waals surface area contributed by atoms with Crippen molar-refractivity contribution in [3.05, 3.63) is 30.1 Å². The van der Waals surface area contributed by atoms with E-state index in [1.54, 1.807) is 7.11 Å². The zero-order chi connectivity index (χ0) is 12.4. The van der Waals surface area contributed by atoms with E-state index < -0.39 is 0 Å². The van der Waals surface area contributed by atoms with Crippen molar-refractivity contribution < 1.29 is 4.74 Å². The van der Waals surface area contributed by atoms with Crippen LogP contribution in [-0.4, -0.2) is 41.3 Å². The third-order valence-corrected chi connectivity index (χ3v) is 3.56. The second-order valence-electron chi connectivity index (χ2n) is 4.79. The number of para-hydroxylation sites is 2. The smallest absolute Gasteiger partial charge is 0.124 e. The summed E-state index contributed by atoms with van der Waals surface area (Å²) in [6.45, 7) is 5.04. The van der Waals surface area contributed by atoms with Crippen LogP contribution in [0.3, 0.4) is 0 Å². The van der Waals surface area contributed by atoms with E-state index in [-0.39, 0.29) is 0 Å². The predicted molar refractivity (Wildman–Crippen MR) is 71.5 cm³/mol. The van der Waals surface area contributed by atoms with Gasteiger partial charge in [0.1, 0.15) is 5.82 Å². The molecule has 2 heterocycles. The molecule has 1 aromatic carbocycles. The highest BCUT2D eigenvalue weighted by Crippen LogP contribution is 2.20. The maximum atomic E-state index is 5.10. The largest absolute Gasteiger partial charge is 0.385 e. The van der Waals surface area contributed by atoms with Gasteiger partial charge in [-0.1, -0.05) is 12.1 Å². The average molecular weight is 245 g/mol. The zero-order valence-corrected chi connectivity index (χ0v) is 10.8. The fraction of sp³-hybridized carbons (Fsp3) is 0.500. The van der Waals surface area contributed by atoms with Crippen LogP contribution in [0.5, 0.6) is 0 Å². The average Bonchev–Trinajstić information content (AvgIpc) is 2.76. The zero-order valence-electron chi connectivity index (χ0n) is 10.8. The van der Waals surface area contributed by atoms with Crippen molar-refractivity contribution >= 4 is 11.0 Å². The number of ether oxygens (including phenoxy) is 1. The highest BCUT2D eigenvalue weighted by Gasteiger charge is 2.19. The van der Waals surface area contributed by atoms with Gasteiger partial charge in [0.2, 0.25) is 0 Å². The minimum Gasteiger partial charge on any atom is -0.385 e. The van der Waals surface area contributed by atoms with Crippen molar-refractivity contribution in [2.75, 3.05) is 26.8 Å². The van der Waals surface area contributed by atoms with Gasteiger partial charge < -0.3 is 9.30 Å². The number of rotatable bonds is 4. The predicted octanol–water partition coefficient (Wildman–Crippen LogP) is 1.89. The first-order valence-electron chi connectivity index (χ1n) is 6.54. The Kier molecular flexibility index (Phi) is 3.30. The lowest BCUT2D eigenvalue weighted by Gasteiger charge is -2.27. The van der Waals surface area contributed by atoms with E-state index >= 15 is 0 Å². The summed E-state index contributed by atoms with van der Waals surface area (Å²) in [5.41, 5.74) is 2.38. The Bertz CT molecular complexity index is 535. The number of hydrogen-bond acceptors (Lipinski definition) is 3. The molecule has 1 aliphatic heterocycles. The van der Waals surface area contributed by atoms with Gasteiger partial charge in [0.25, 0.3) is 0 Å². The van der Waals surface area contributed by atoms with Crippen LogP contribution in [0.4, 0.5) is 0 Å². The quantitative estimate of drug-likeness (QED) is 0.771. The van der Waals surface area contributed by atoms with E-state index in [0.717, 1.165) is 44.7 Å². The molecule has 0 saturated carbocycles. The summed E-state index contributed by atoms with van der Waals surface area (Å²) in [6.07, 6.45) is 1.09. The van der Waals surface area contributed by atoms with Crippen molar-refractivity contribution in [2.24, 2.45) is 0 Å². The molecule has 0 radical (unpaired) electrons. The summed E-state index contributed by atoms with van der Waals surface area (Å²) in [5, 5.41) is 0. The third kappa shape index (κ3) is 2.13. The molecule has 0 bridgehead atoms. The second kappa shape index (κ2) is 5.08. The van der Waals surface area contributed by atoms with Crippen LogP contribution < -0.4 is 0 Å². The summed E-state index contributed by atoms with van der Waals surface area (Å²) < 4.78 is 7.45. The minimum absolute atomic E-state index is 0.840. The maximum Gasteiger partial charge on any atom is 0.124 e. The van der Waals surface area contributed by atoms with Gasteiger partial charge in [-0.05, 0) is 18.6 Å². The monoisotopic (exact) mass is 245 g/mol. The molecule has 18 heavy (non-hydrogen) atoms. The van der Waals surface area contributed by atoms with E-state index in [4.69, 9.17) is 9.72 Å². The molecule has 0 fully saturated rings. The Hall–Kier alpha value is -1.39. The molecule has 0 spiro atoms. The topological polar surface area (TPSA) is 30.3 Å². The molecule has 2 aromatic rings. The van der Waals surface area contributed by atoms with Crippen molar-refractivity contribution in [3.8, 4) is 0 Å². The first-order chi connectivity index (χ1) is 8.88. The highest BCUT2D eigenvalue weighted by molar-refractivity contribution is 5.75. The molecule has 0 N–H and O–H groups in total. The standard InChI is InChI=1S/C14H19N3O/c1-18-10-4-7-16-8-9-17-13-6-3-2-5-12(13)15-14(17)11-16/h2-3,5-6H,4,7-11H2,1H3. The lowest BCUT2D eigenvalue weighted by Crippen LogP contribution is -2.34. The number of imidazole rings is 1. The van der Waals surface area contributed by atoms with E-state index in [2.05, 4.69) is 33.7 Å². The van der Waals surface area contributed by atoms with Crippen LogP contribution in [0.1, 0.15) is 12.2 Å². The fourth-order valence-corrected chi connectivity index (χ4v) is 2.64. The van der Waals surface area contributed by atoms with Crippen LogP contribution >= 0.6 is 0 Å². The van der Waals surface area contributed by atoms with Crippen LogP contribution in [-0.2, 0) is 17.8 Å². The molecule has 0 amide bonds. The highest BCUT2D eigenvalue weighted by atomic mass is 16.5. The molecule has 1 aromatic heterocycles. The molecule has 1 aliphatic rings. The Morgan fingerprint density at radius 2 is 2.17 bits per heavy atom. The molecule has 96 valence electrons. The Labute approximate surface area is 107 Å². The molecule has 0 saturated heterocycles. The SMILES string of the molecule is COCCCN1CCn2c(nc3ccccc32)C1.